The summed E-state index contributed by atoms with van der Waals surface area (Å²) in [7, 11) is 0. The maximum absolute atomic E-state index is 13.3. The van der Waals surface area contributed by atoms with E-state index in [-0.39, 0.29) is 11.7 Å². The normalized spacial score (nSPS) is 13.8. The van der Waals surface area contributed by atoms with Gasteiger partial charge in [-0.25, -0.2) is 9.37 Å². The molecule has 0 aliphatic carbocycles. The van der Waals surface area contributed by atoms with Gasteiger partial charge >= 0.3 is 0 Å². The van der Waals surface area contributed by atoms with Crippen LogP contribution in [0, 0.1) is 5.82 Å². The SMILES string of the molecule is O=C(NCc1cccc(Cl)c1)c1ccc2ccnc(N3CCN(c4ccc(F)cc4)CC3)c2c1. The Kier molecular flexibility index (Phi) is 6.32. The van der Waals surface area contributed by atoms with Crippen LogP contribution >= 0.6 is 11.6 Å². The standard InChI is InChI=1S/C27H24ClFN4O/c28-22-3-1-2-19(16-22)18-31-27(34)21-5-4-20-10-11-30-26(25(20)17-21)33-14-12-32(13-15-33)24-8-6-23(29)7-9-24/h1-11,16-17H,12-15,18H2,(H,31,34). The Morgan fingerprint density at radius 2 is 1.71 bits per heavy atom. The summed E-state index contributed by atoms with van der Waals surface area (Å²) in [6.45, 7) is 3.60. The van der Waals surface area contributed by atoms with Crippen molar-refractivity contribution in [3.8, 4) is 0 Å². The van der Waals surface area contributed by atoms with E-state index in [4.69, 9.17) is 11.6 Å². The highest BCUT2D eigenvalue weighted by Gasteiger charge is 2.20. The largest absolute Gasteiger partial charge is 0.368 e. The number of pyridine rings is 1. The molecule has 172 valence electrons. The molecule has 5 rings (SSSR count). The highest BCUT2D eigenvalue weighted by Crippen LogP contribution is 2.27. The molecule has 1 saturated heterocycles. The number of fused-ring (bicyclic) bond motifs is 1. The van der Waals surface area contributed by atoms with E-state index >= 15 is 0 Å². The summed E-state index contributed by atoms with van der Waals surface area (Å²) in [6, 6.07) is 21.7. The van der Waals surface area contributed by atoms with Gasteiger partial charge in [-0.2, -0.15) is 0 Å². The first kappa shape index (κ1) is 22.2. The number of halogens is 2. The Morgan fingerprint density at radius 3 is 2.47 bits per heavy atom. The molecule has 0 unspecified atom stereocenters. The predicted molar refractivity (Wildman–Crippen MR) is 135 cm³/mol. The molecule has 0 spiro atoms. The number of carbonyl (C=O) groups excluding carboxylic acids is 1. The molecular formula is C27H24ClFN4O. The first-order chi connectivity index (χ1) is 16.6. The molecule has 4 aromatic rings. The zero-order chi connectivity index (χ0) is 23.5. The predicted octanol–water partition coefficient (Wildman–Crippen LogP) is 5.28. The van der Waals surface area contributed by atoms with Crippen LogP contribution in [0.5, 0.6) is 0 Å². The third-order valence-corrected chi connectivity index (χ3v) is 6.36. The minimum absolute atomic E-state index is 0.141. The molecule has 0 bridgehead atoms. The van der Waals surface area contributed by atoms with Gasteiger partial charge in [0.05, 0.1) is 0 Å². The van der Waals surface area contributed by atoms with Gasteiger partial charge in [-0.1, -0.05) is 29.8 Å². The van der Waals surface area contributed by atoms with E-state index in [1.54, 1.807) is 0 Å². The van der Waals surface area contributed by atoms with Crippen molar-refractivity contribution in [3.63, 3.8) is 0 Å². The Labute approximate surface area is 202 Å². The second kappa shape index (κ2) is 9.69. The maximum Gasteiger partial charge on any atom is 0.251 e. The van der Waals surface area contributed by atoms with Crippen LogP contribution < -0.4 is 15.1 Å². The van der Waals surface area contributed by atoms with Gasteiger partial charge in [0.15, 0.2) is 0 Å². The quantitative estimate of drug-likeness (QED) is 0.427. The van der Waals surface area contributed by atoms with Crippen molar-refractivity contribution >= 4 is 39.8 Å². The van der Waals surface area contributed by atoms with Gasteiger partial charge in [0, 0.05) is 60.6 Å². The highest BCUT2D eigenvalue weighted by atomic mass is 35.5. The Hall–Kier alpha value is -3.64. The summed E-state index contributed by atoms with van der Waals surface area (Å²) in [6.07, 6.45) is 1.81. The smallest absolute Gasteiger partial charge is 0.251 e. The molecule has 3 aromatic carbocycles. The van der Waals surface area contributed by atoms with Crippen LogP contribution in [0.3, 0.4) is 0 Å². The van der Waals surface area contributed by atoms with Gasteiger partial charge < -0.3 is 15.1 Å². The first-order valence-corrected chi connectivity index (χ1v) is 11.6. The second-order valence-corrected chi connectivity index (χ2v) is 8.77. The Bertz CT molecular complexity index is 1320. The molecule has 1 fully saturated rings. The summed E-state index contributed by atoms with van der Waals surface area (Å²) in [5.74, 6) is 0.508. The second-order valence-electron chi connectivity index (χ2n) is 8.33. The van der Waals surface area contributed by atoms with E-state index in [1.165, 1.54) is 12.1 Å². The minimum atomic E-state index is -0.227. The average molecular weight is 475 g/mol. The number of rotatable bonds is 5. The Morgan fingerprint density at radius 1 is 0.941 bits per heavy atom. The van der Waals surface area contributed by atoms with E-state index in [0.717, 1.165) is 54.0 Å². The molecule has 0 radical (unpaired) electrons. The van der Waals surface area contributed by atoms with Crippen molar-refractivity contribution < 1.29 is 9.18 Å². The molecule has 7 heteroatoms. The molecule has 0 saturated carbocycles. The van der Waals surface area contributed by atoms with Crippen LogP contribution in [0.25, 0.3) is 10.8 Å². The molecule has 1 aromatic heterocycles. The fourth-order valence-corrected chi connectivity index (χ4v) is 4.52. The first-order valence-electron chi connectivity index (χ1n) is 11.2. The van der Waals surface area contributed by atoms with Crippen LogP contribution in [-0.2, 0) is 6.54 Å². The van der Waals surface area contributed by atoms with Gasteiger partial charge in [-0.15, -0.1) is 0 Å². The third-order valence-electron chi connectivity index (χ3n) is 6.12. The lowest BCUT2D eigenvalue weighted by molar-refractivity contribution is 0.0951. The molecule has 1 N–H and O–H groups in total. The minimum Gasteiger partial charge on any atom is -0.368 e. The third kappa shape index (κ3) is 4.82. The lowest BCUT2D eigenvalue weighted by Gasteiger charge is -2.37. The molecule has 1 amide bonds. The Balaban J connectivity index is 1.32. The zero-order valence-corrected chi connectivity index (χ0v) is 19.3. The topological polar surface area (TPSA) is 48.5 Å². The monoisotopic (exact) mass is 474 g/mol. The van der Waals surface area contributed by atoms with Crippen molar-refractivity contribution in [1.29, 1.82) is 0 Å². The summed E-state index contributed by atoms with van der Waals surface area (Å²) in [5.41, 5.74) is 2.56. The number of carbonyl (C=O) groups is 1. The summed E-state index contributed by atoms with van der Waals surface area (Å²) >= 11 is 6.04. The van der Waals surface area contributed by atoms with Gasteiger partial charge in [0.25, 0.3) is 5.91 Å². The van der Waals surface area contributed by atoms with Crippen molar-refractivity contribution in [1.82, 2.24) is 10.3 Å². The van der Waals surface area contributed by atoms with Gasteiger partial charge in [0.2, 0.25) is 0 Å². The fourth-order valence-electron chi connectivity index (χ4n) is 4.31. The fraction of sp³-hybridized carbons (Fsp3) is 0.185. The van der Waals surface area contributed by atoms with Gasteiger partial charge in [0.1, 0.15) is 11.6 Å². The number of amides is 1. The number of hydrogen-bond acceptors (Lipinski definition) is 4. The van der Waals surface area contributed by atoms with Crippen LogP contribution in [0.4, 0.5) is 15.9 Å². The summed E-state index contributed by atoms with van der Waals surface area (Å²) in [4.78, 5) is 22.0. The van der Waals surface area contributed by atoms with Crippen molar-refractivity contribution in [2.24, 2.45) is 0 Å². The van der Waals surface area contributed by atoms with E-state index in [0.29, 0.717) is 17.1 Å². The molecule has 1 aliphatic rings. The molecule has 0 atom stereocenters. The number of benzene rings is 3. The summed E-state index contributed by atoms with van der Waals surface area (Å²) in [5, 5.41) is 5.61. The lowest BCUT2D eigenvalue weighted by Crippen LogP contribution is -2.46. The molecule has 34 heavy (non-hydrogen) atoms. The van der Waals surface area contributed by atoms with E-state index in [2.05, 4.69) is 20.1 Å². The highest BCUT2D eigenvalue weighted by molar-refractivity contribution is 6.30. The number of aromatic nitrogens is 1. The van der Waals surface area contributed by atoms with Crippen molar-refractivity contribution in [2.45, 2.75) is 6.54 Å². The number of anilines is 2. The molecule has 5 nitrogen and oxygen atoms in total. The maximum atomic E-state index is 13.3. The zero-order valence-electron chi connectivity index (χ0n) is 18.5. The van der Waals surface area contributed by atoms with Crippen molar-refractivity contribution in [3.05, 3.63) is 101 Å². The summed E-state index contributed by atoms with van der Waals surface area (Å²) < 4.78 is 13.3. The molecular weight excluding hydrogens is 451 g/mol. The number of hydrogen-bond donors (Lipinski definition) is 1. The van der Waals surface area contributed by atoms with Crippen molar-refractivity contribution in [2.75, 3.05) is 36.0 Å². The lowest BCUT2D eigenvalue weighted by atomic mass is 10.1. The van der Waals surface area contributed by atoms with E-state index in [1.807, 2.05) is 66.9 Å². The number of piperazine rings is 1. The molecule has 2 heterocycles. The van der Waals surface area contributed by atoms with Crippen LogP contribution in [-0.4, -0.2) is 37.1 Å². The van der Waals surface area contributed by atoms with Crippen LogP contribution in [0.2, 0.25) is 5.02 Å². The van der Waals surface area contributed by atoms with Crippen LogP contribution in [0.1, 0.15) is 15.9 Å². The van der Waals surface area contributed by atoms with E-state index in [9.17, 15) is 9.18 Å². The van der Waals surface area contributed by atoms with Crippen LogP contribution in [0.15, 0.2) is 79.0 Å². The molecule has 1 aliphatic heterocycles. The number of nitrogens with zero attached hydrogens (tertiary/aromatic N) is 3. The van der Waals surface area contributed by atoms with E-state index < -0.39 is 0 Å². The average Bonchev–Trinajstić information content (AvgIpc) is 2.87. The number of nitrogens with one attached hydrogen (secondary N) is 1. The van der Waals surface area contributed by atoms with Gasteiger partial charge in [-0.3, -0.25) is 4.79 Å². The van der Waals surface area contributed by atoms with Gasteiger partial charge in [-0.05, 0) is 65.5 Å².